The molecule has 0 aliphatic rings. The van der Waals surface area contributed by atoms with E-state index >= 15 is 0 Å². The fourth-order valence-electron chi connectivity index (χ4n) is 1.97. The van der Waals surface area contributed by atoms with Gasteiger partial charge in [-0.05, 0) is 42.2 Å². The minimum Gasteiger partial charge on any atom is -0.398 e. The highest BCUT2D eigenvalue weighted by atomic mass is 32.2. The van der Waals surface area contributed by atoms with Gasteiger partial charge in [-0.2, -0.15) is 11.8 Å². The summed E-state index contributed by atoms with van der Waals surface area (Å²) in [5.74, 6) is 1.02. The summed E-state index contributed by atoms with van der Waals surface area (Å²) in [5, 5.41) is 2.92. The van der Waals surface area contributed by atoms with Gasteiger partial charge in [0.25, 0.3) is 5.91 Å². The van der Waals surface area contributed by atoms with Crippen LogP contribution in [-0.2, 0) is 0 Å². The van der Waals surface area contributed by atoms with Crippen LogP contribution in [0, 0.1) is 0 Å². The second-order valence-corrected chi connectivity index (χ2v) is 5.63. The third kappa shape index (κ3) is 4.23. The van der Waals surface area contributed by atoms with E-state index in [9.17, 15) is 4.79 Å². The zero-order valence-electron chi connectivity index (χ0n) is 12.0. The third-order valence-corrected chi connectivity index (χ3v) is 3.82. The van der Waals surface area contributed by atoms with Crippen molar-refractivity contribution in [2.75, 3.05) is 24.3 Å². The summed E-state index contributed by atoms with van der Waals surface area (Å²) < 4.78 is 0. The van der Waals surface area contributed by atoms with Crippen molar-refractivity contribution in [1.82, 2.24) is 10.3 Å². The molecule has 110 valence electrons. The number of thioether (sulfide) groups is 1. The summed E-state index contributed by atoms with van der Waals surface area (Å²) in [7, 11) is 0. The maximum absolute atomic E-state index is 12.0. The Morgan fingerprint density at radius 2 is 2.05 bits per heavy atom. The van der Waals surface area contributed by atoms with Gasteiger partial charge in [-0.3, -0.25) is 9.78 Å². The number of carbonyl (C=O) groups excluding carboxylic acids is 1. The summed E-state index contributed by atoms with van der Waals surface area (Å²) in [6.45, 7) is 0.705. The molecule has 0 aliphatic heterocycles. The Morgan fingerprint density at radius 1 is 1.29 bits per heavy atom. The summed E-state index contributed by atoms with van der Waals surface area (Å²) in [6, 6.07) is 9.17. The molecule has 1 heterocycles. The molecule has 1 amide bonds. The molecule has 1 aromatic heterocycles. The average Bonchev–Trinajstić information content (AvgIpc) is 2.52. The predicted molar refractivity (Wildman–Crippen MR) is 89.4 cm³/mol. The zero-order chi connectivity index (χ0) is 15.1. The van der Waals surface area contributed by atoms with Gasteiger partial charge in [0, 0.05) is 35.8 Å². The lowest BCUT2D eigenvalue weighted by molar-refractivity contribution is 0.0954. The fraction of sp³-hybridized carbons (Fsp3) is 0.250. The molecule has 0 spiro atoms. The van der Waals surface area contributed by atoms with Crippen molar-refractivity contribution in [3.63, 3.8) is 0 Å². The predicted octanol–water partition coefficient (Wildman–Crippen LogP) is 2.81. The number of nitrogens with one attached hydrogen (secondary N) is 1. The number of rotatable bonds is 6. The zero-order valence-corrected chi connectivity index (χ0v) is 12.8. The first-order valence-corrected chi connectivity index (χ1v) is 8.19. The number of pyridine rings is 1. The number of anilines is 1. The molecule has 2 rings (SSSR count). The van der Waals surface area contributed by atoms with E-state index in [4.69, 9.17) is 5.73 Å². The van der Waals surface area contributed by atoms with E-state index in [2.05, 4.69) is 16.6 Å². The lowest BCUT2D eigenvalue weighted by Gasteiger charge is -2.07. The van der Waals surface area contributed by atoms with E-state index in [0.717, 1.165) is 23.3 Å². The highest BCUT2D eigenvalue weighted by molar-refractivity contribution is 7.98. The van der Waals surface area contributed by atoms with Crippen molar-refractivity contribution in [3.8, 4) is 11.1 Å². The lowest BCUT2D eigenvalue weighted by Crippen LogP contribution is -2.24. The van der Waals surface area contributed by atoms with Crippen molar-refractivity contribution in [3.05, 3.63) is 48.3 Å². The normalized spacial score (nSPS) is 10.3. The molecule has 0 saturated carbocycles. The van der Waals surface area contributed by atoms with Crippen molar-refractivity contribution in [2.45, 2.75) is 6.42 Å². The summed E-state index contributed by atoms with van der Waals surface area (Å²) in [5.41, 5.74) is 9.10. The van der Waals surface area contributed by atoms with Crippen LogP contribution in [0.4, 0.5) is 5.69 Å². The van der Waals surface area contributed by atoms with Crippen LogP contribution >= 0.6 is 11.8 Å². The van der Waals surface area contributed by atoms with E-state index in [1.165, 1.54) is 0 Å². The molecule has 0 unspecified atom stereocenters. The first-order valence-electron chi connectivity index (χ1n) is 6.79. The van der Waals surface area contributed by atoms with Crippen LogP contribution in [-0.4, -0.2) is 29.4 Å². The fourth-order valence-corrected chi connectivity index (χ4v) is 2.40. The van der Waals surface area contributed by atoms with Gasteiger partial charge in [-0.25, -0.2) is 0 Å². The van der Waals surface area contributed by atoms with E-state index in [1.54, 1.807) is 30.2 Å². The summed E-state index contributed by atoms with van der Waals surface area (Å²) >= 11 is 1.78. The monoisotopic (exact) mass is 301 g/mol. The Morgan fingerprint density at radius 3 is 2.71 bits per heavy atom. The molecule has 0 saturated heterocycles. The molecular formula is C16H19N3OS. The maximum Gasteiger partial charge on any atom is 0.251 e. The number of carbonyl (C=O) groups is 1. The molecule has 3 N–H and O–H groups in total. The third-order valence-electron chi connectivity index (χ3n) is 3.12. The van der Waals surface area contributed by atoms with Gasteiger partial charge in [-0.1, -0.05) is 12.1 Å². The molecule has 1 aromatic carbocycles. The Bertz CT molecular complexity index is 599. The van der Waals surface area contributed by atoms with E-state index in [0.29, 0.717) is 17.8 Å². The molecule has 0 radical (unpaired) electrons. The SMILES string of the molecule is CSCCCNC(=O)c1ccc(-c2cnccc2N)cc1. The number of hydrogen-bond acceptors (Lipinski definition) is 4. The van der Waals surface area contributed by atoms with Gasteiger partial charge >= 0.3 is 0 Å². The van der Waals surface area contributed by atoms with Crippen molar-refractivity contribution >= 4 is 23.4 Å². The molecular weight excluding hydrogens is 282 g/mol. The van der Waals surface area contributed by atoms with Crippen LogP contribution in [0.5, 0.6) is 0 Å². The summed E-state index contributed by atoms with van der Waals surface area (Å²) in [6.07, 6.45) is 6.43. The van der Waals surface area contributed by atoms with E-state index in [1.807, 2.05) is 24.3 Å². The number of hydrogen-bond donors (Lipinski definition) is 2. The van der Waals surface area contributed by atoms with Crippen LogP contribution in [0.1, 0.15) is 16.8 Å². The molecule has 0 aliphatic carbocycles. The quantitative estimate of drug-likeness (QED) is 0.805. The van der Waals surface area contributed by atoms with Crippen LogP contribution in [0.2, 0.25) is 0 Å². The van der Waals surface area contributed by atoms with Crippen LogP contribution in [0.25, 0.3) is 11.1 Å². The number of nitrogens with two attached hydrogens (primary N) is 1. The highest BCUT2D eigenvalue weighted by Crippen LogP contribution is 2.24. The van der Waals surface area contributed by atoms with E-state index in [-0.39, 0.29) is 5.91 Å². The van der Waals surface area contributed by atoms with Crippen molar-refractivity contribution in [2.24, 2.45) is 0 Å². The molecule has 21 heavy (non-hydrogen) atoms. The molecule has 2 aromatic rings. The van der Waals surface area contributed by atoms with Crippen LogP contribution in [0.3, 0.4) is 0 Å². The minimum absolute atomic E-state index is 0.0400. The number of nitrogens with zero attached hydrogens (tertiary/aromatic N) is 1. The first-order chi connectivity index (χ1) is 10.2. The topological polar surface area (TPSA) is 68.0 Å². The standard InChI is InChI=1S/C16H19N3OS/c1-21-10-2-8-19-16(20)13-5-3-12(4-6-13)14-11-18-9-7-15(14)17/h3-7,9,11H,2,8,10H2,1H3,(H2,17,18)(H,19,20). The van der Waals surface area contributed by atoms with Crippen molar-refractivity contribution < 1.29 is 4.79 Å². The molecule has 5 heteroatoms. The number of aromatic nitrogens is 1. The smallest absolute Gasteiger partial charge is 0.251 e. The molecule has 0 bridgehead atoms. The molecule has 0 fully saturated rings. The number of benzene rings is 1. The van der Waals surface area contributed by atoms with E-state index < -0.39 is 0 Å². The number of nitrogen functional groups attached to an aromatic ring is 1. The number of amides is 1. The second-order valence-electron chi connectivity index (χ2n) is 4.64. The van der Waals surface area contributed by atoms with Gasteiger partial charge in [0.15, 0.2) is 0 Å². The first kappa shape index (κ1) is 15.4. The van der Waals surface area contributed by atoms with Crippen LogP contribution in [0.15, 0.2) is 42.7 Å². The maximum atomic E-state index is 12.0. The van der Waals surface area contributed by atoms with Crippen LogP contribution < -0.4 is 11.1 Å². The Balaban J connectivity index is 2.02. The van der Waals surface area contributed by atoms with Gasteiger partial charge < -0.3 is 11.1 Å². The van der Waals surface area contributed by atoms with Crippen molar-refractivity contribution in [1.29, 1.82) is 0 Å². The van der Waals surface area contributed by atoms with Gasteiger partial charge in [0.2, 0.25) is 0 Å². The molecule has 0 atom stereocenters. The summed E-state index contributed by atoms with van der Waals surface area (Å²) in [4.78, 5) is 16.0. The van der Waals surface area contributed by atoms with Gasteiger partial charge in [-0.15, -0.1) is 0 Å². The lowest BCUT2D eigenvalue weighted by atomic mass is 10.0. The van der Waals surface area contributed by atoms with Gasteiger partial charge in [0.05, 0.1) is 0 Å². The average molecular weight is 301 g/mol. The second kappa shape index (κ2) is 7.69. The Labute approximate surface area is 129 Å². The Kier molecular flexibility index (Phi) is 5.63. The Hall–Kier alpha value is -2.01. The van der Waals surface area contributed by atoms with Gasteiger partial charge in [0.1, 0.15) is 0 Å². The molecule has 4 nitrogen and oxygen atoms in total. The largest absolute Gasteiger partial charge is 0.398 e. The highest BCUT2D eigenvalue weighted by Gasteiger charge is 2.06. The minimum atomic E-state index is -0.0400.